The molecule has 1 amide bonds. The van der Waals surface area contributed by atoms with E-state index in [1.165, 1.54) is 23.9 Å². The number of methoxy groups -OCH3 is 2. The van der Waals surface area contributed by atoms with Gasteiger partial charge in [0.05, 0.1) is 30.4 Å². The maximum absolute atomic E-state index is 13.2. The predicted molar refractivity (Wildman–Crippen MR) is 131 cm³/mol. The number of carbonyl (C=O) groups excluding carboxylic acids is 1. The summed E-state index contributed by atoms with van der Waals surface area (Å²) in [6.45, 7) is 2.30. The van der Waals surface area contributed by atoms with Crippen LogP contribution in [0.2, 0.25) is 0 Å². The Labute approximate surface area is 195 Å². The van der Waals surface area contributed by atoms with E-state index in [9.17, 15) is 14.7 Å². The minimum absolute atomic E-state index is 0.138. The summed E-state index contributed by atoms with van der Waals surface area (Å²) >= 11 is 1.25. The van der Waals surface area contributed by atoms with E-state index >= 15 is 0 Å². The Morgan fingerprint density at radius 1 is 1.12 bits per heavy atom. The van der Waals surface area contributed by atoms with Crippen LogP contribution in [0.3, 0.4) is 0 Å². The number of fused-ring (bicyclic) bond motifs is 1. The fourth-order valence-corrected chi connectivity index (χ4v) is 4.62. The maximum Gasteiger partial charge on any atom is 0.335 e. The van der Waals surface area contributed by atoms with Gasteiger partial charge >= 0.3 is 5.97 Å². The maximum atomic E-state index is 13.2. The van der Waals surface area contributed by atoms with E-state index in [0.717, 1.165) is 16.3 Å². The van der Waals surface area contributed by atoms with Crippen LogP contribution in [0.5, 0.6) is 11.5 Å². The summed E-state index contributed by atoms with van der Waals surface area (Å²) in [5, 5.41) is 11.6. The first-order chi connectivity index (χ1) is 15.9. The zero-order valence-electron chi connectivity index (χ0n) is 18.4. The van der Waals surface area contributed by atoms with E-state index in [2.05, 4.69) is 4.99 Å². The first-order valence-electron chi connectivity index (χ1n) is 10.2. The van der Waals surface area contributed by atoms with Crippen molar-refractivity contribution >= 4 is 51.3 Å². The molecule has 1 heterocycles. The predicted octanol–water partition coefficient (Wildman–Crippen LogP) is 5.18. The van der Waals surface area contributed by atoms with Crippen molar-refractivity contribution in [2.24, 2.45) is 4.99 Å². The van der Waals surface area contributed by atoms with Gasteiger partial charge in [0.2, 0.25) is 0 Å². The van der Waals surface area contributed by atoms with Crippen LogP contribution >= 0.6 is 11.8 Å². The molecular weight excluding hydrogens is 440 g/mol. The molecule has 0 spiro atoms. The molecule has 0 bridgehead atoms. The number of ether oxygens (including phenoxy) is 2. The topological polar surface area (TPSA) is 88.4 Å². The molecule has 4 rings (SSSR count). The summed E-state index contributed by atoms with van der Waals surface area (Å²) in [6, 6.07) is 15.9. The zero-order chi connectivity index (χ0) is 23.5. The lowest BCUT2D eigenvalue weighted by atomic mass is 10.0. The molecule has 33 heavy (non-hydrogen) atoms. The largest absolute Gasteiger partial charge is 0.497 e. The number of nitrogens with zero attached hydrogens (tertiary/aromatic N) is 2. The van der Waals surface area contributed by atoms with Gasteiger partial charge in [0.25, 0.3) is 5.91 Å². The highest BCUT2D eigenvalue weighted by atomic mass is 32.2. The van der Waals surface area contributed by atoms with Gasteiger partial charge in [0.1, 0.15) is 11.5 Å². The van der Waals surface area contributed by atoms with Crippen LogP contribution in [0, 0.1) is 0 Å². The minimum Gasteiger partial charge on any atom is -0.497 e. The fraction of sp³-hybridized carbons (Fsp3) is 0.160. The lowest BCUT2D eigenvalue weighted by molar-refractivity contribution is -0.122. The standard InChI is InChI=1S/C25H22N2O5S/c1-4-27-23(28)22(33-25(27)26-17-7-5-6-16(12-17)24(29)30)14-20-19-13-18(31-2)10-8-15(19)9-11-21(20)32-3/h5-14H,4H2,1-3H3,(H,29,30)/b22-14-,26-25?. The van der Waals surface area contributed by atoms with Gasteiger partial charge in [-0.2, -0.15) is 0 Å². The smallest absolute Gasteiger partial charge is 0.335 e. The molecule has 1 aliphatic rings. The molecule has 1 saturated heterocycles. The Bertz CT molecular complexity index is 1310. The van der Waals surface area contributed by atoms with Gasteiger partial charge in [-0.15, -0.1) is 0 Å². The van der Waals surface area contributed by atoms with E-state index < -0.39 is 5.97 Å². The van der Waals surface area contributed by atoms with Crippen LogP contribution in [0.25, 0.3) is 16.8 Å². The van der Waals surface area contributed by atoms with Gasteiger partial charge in [-0.3, -0.25) is 9.69 Å². The molecule has 0 aromatic heterocycles. The van der Waals surface area contributed by atoms with Crippen LogP contribution in [-0.4, -0.2) is 47.8 Å². The molecule has 0 radical (unpaired) electrons. The summed E-state index contributed by atoms with van der Waals surface area (Å²) in [6.07, 6.45) is 1.81. The Kier molecular flexibility index (Phi) is 6.37. The fourth-order valence-electron chi connectivity index (χ4n) is 3.58. The number of amidine groups is 1. The zero-order valence-corrected chi connectivity index (χ0v) is 19.2. The number of aromatic carboxylic acids is 1. The van der Waals surface area contributed by atoms with Crippen molar-refractivity contribution in [1.82, 2.24) is 4.90 Å². The van der Waals surface area contributed by atoms with E-state index in [1.54, 1.807) is 31.3 Å². The average molecular weight is 463 g/mol. The van der Waals surface area contributed by atoms with Crippen molar-refractivity contribution in [3.05, 3.63) is 70.6 Å². The van der Waals surface area contributed by atoms with E-state index in [0.29, 0.717) is 33.8 Å². The summed E-state index contributed by atoms with van der Waals surface area (Å²) in [4.78, 5) is 31.1. The molecule has 0 saturated carbocycles. The van der Waals surface area contributed by atoms with Crippen LogP contribution in [0.1, 0.15) is 22.8 Å². The third kappa shape index (κ3) is 4.42. The number of aliphatic imine (C=N–C) groups is 1. The molecule has 3 aromatic carbocycles. The van der Waals surface area contributed by atoms with Crippen molar-refractivity contribution in [1.29, 1.82) is 0 Å². The number of amides is 1. The highest BCUT2D eigenvalue weighted by Gasteiger charge is 2.32. The van der Waals surface area contributed by atoms with E-state index in [-0.39, 0.29) is 11.5 Å². The summed E-state index contributed by atoms with van der Waals surface area (Å²) in [5.41, 5.74) is 1.38. The molecule has 168 valence electrons. The first-order valence-corrected chi connectivity index (χ1v) is 11.0. The number of hydrogen-bond acceptors (Lipinski definition) is 6. The van der Waals surface area contributed by atoms with Gasteiger partial charge in [-0.25, -0.2) is 9.79 Å². The van der Waals surface area contributed by atoms with Crippen molar-refractivity contribution in [3.63, 3.8) is 0 Å². The Balaban J connectivity index is 1.80. The summed E-state index contributed by atoms with van der Waals surface area (Å²) in [5.74, 6) is 0.145. The molecule has 1 N–H and O–H groups in total. The number of carboxylic acid groups (broad SMARTS) is 1. The van der Waals surface area contributed by atoms with Crippen molar-refractivity contribution in [2.75, 3.05) is 20.8 Å². The van der Waals surface area contributed by atoms with Gasteiger partial charge < -0.3 is 14.6 Å². The van der Waals surface area contributed by atoms with Crippen LogP contribution in [0.15, 0.2) is 64.5 Å². The van der Waals surface area contributed by atoms with Crippen molar-refractivity contribution in [3.8, 4) is 11.5 Å². The molecule has 3 aromatic rings. The molecule has 7 nitrogen and oxygen atoms in total. The third-order valence-corrected chi connectivity index (χ3v) is 6.25. The average Bonchev–Trinajstić information content (AvgIpc) is 3.12. The van der Waals surface area contributed by atoms with Crippen molar-refractivity contribution < 1.29 is 24.2 Å². The normalized spacial score (nSPS) is 16.1. The minimum atomic E-state index is -1.03. The monoisotopic (exact) mass is 462 g/mol. The number of hydrogen-bond donors (Lipinski definition) is 1. The Hall–Kier alpha value is -3.78. The Morgan fingerprint density at radius 2 is 1.91 bits per heavy atom. The lowest BCUT2D eigenvalue weighted by Crippen LogP contribution is -2.28. The molecule has 1 fully saturated rings. The molecule has 1 aliphatic heterocycles. The van der Waals surface area contributed by atoms with Crippen LogP contribution in [-0.2, 0) is 4.79 Å². The number of benzene rings is 3. The first kappa shape index (κ1) is 22.4. The summed E-state index contributed by atoms with van der Waals surface area (Å²) in [7, 11) is 3.20. The highest BCUT2D eigenvalue weighted by molar-refractivity contribution is 8.18. The highest BCUT2D eigenvalue weighted by Crippen LogP contribution is 2.38. The second-order valence-corrected chi connectivity index (χ2v) is 8.19. The molecule has 0 aliphatic carbocycles. The lowest BCUT2D eigenvalue weighted by Gasteiger charge is -2.12. The molecular formula is C25H22N2O5S. The molecule has 0 atom stereocenters. The number of carboxylic acids is 1. The van der Waals surface area contributed by atoms with Crippen LogP contribution in [0.4, 0.5) is 5.69 Å². The van der Waals surface area contributed by atoms with Gasteiger partial charge in [-0.05, 0) is 71.9 Å². The van der Waals surface area contributed by atoms with Crippen molar-refractivity contribution in [2.45, 2.75) is 6.92 Å². The Morgan fingerprint density at radius 3 is 2.61 bits per heavy atom. The SMILES string of the molecule is CCN1C(=O)/C(=C/c2c(OC)ccc3ccc(OC)cc23)SC1=Nc1cccc(C(=O)O)c1. The quantitative estimate of drug-likeness (QED) is 0.508. The van der Waals surface area contributed by atoms with E-state index in [1.807, 2.05) is 43.3 Å². The van der Waals surface area contributed by atoms with Gasteiger partial charge in [0.15, 0.2) is 5.17 Å². The summed E-state index contributed by atoms with van der Waals surface area (Å²) < 4.78 is 11.0. The van der Waals surface area contributed by atoms with Gasteiger partial charge in [0, 0.05) is 12.1 Å². The number of carbonyl (C=O) groups is 2. The number of likely N-dealkylation sites (N-methyl/N-ethyl adjacent to an activating group) is 1. The number of rotatable bonds is 6. The second kappa shape index (κ2) is 9.38. The van der Waals surface area contributed by atoms with E-state index in [4.69, 9.17) is 9.47 Å². The molecule has 0 unspecified atom stereocenters. The second-order valence-electron chi connectivity index (χ2n) is 7.18. The third-order valence-electron chi connectivity index (χ3n) is 5.25. The number of thioether (sulfide) groups is 1. The molecule has 8 heteroatoms. The van der Waals surface area contributed by atoms with Crippen LogP contribution < -0.4 is 9.47 Å². The van der Waals surface area contributed by atoms with Gasteiger partial charge in [-0.1, -0.05) is 18.2 Å².